The minimum Gasteiger partial charge on any atom is -0.342 e. The molecule has 1 saturated carbocycles. The highest BCUT2D eigenvalue weighted by molar-refractivity contribution is 5.78. The van der Waals surface area contributed by atoms with Crippen molar-refractivity contribution in [3.05, 3.63) is 0 Å². The molecule has 0 heterocycles. The Bertz CT molecular complexity index is 272. The Morgan fingerprint density at radius 2 is 2.00 bits per heavy atom. The Kier molecular flexibility index (Phi) is 5.60. The van der Waals surface area contributed by atoms with Gasteiger partial charge in [-0.2, -0.15) is 0 Å². The molecule has 1 amide bonds. The topological polar surface area (TPSA) is 49.6 Å². The molecule has 2 N–H and O–H groups in total. The van der Waals surface area contributed by atoms with E-state index >= 15 is 0 Å². The molecule has 1 aliphatic rings. The summed E-state index contributed by atoms with van der Waals surface area (Å²) < 4.78 is 0. The summed E-state index contributed by atoms with van der Waals surface area (Å²) in [5.41, 5.74) is 5.85. The Labute approximate surface area is 111 Å². The quantitative estimate of drug-likeness (QED) is 0.714. The molecular weight excluding hydrogens is 226 g/mol. The van der Waals surface area contributed by atoms with E-state index in [1.54, 1.807) is 0 Å². The van der Waals surface area contributed by atoms with E-state index in [1.807, 2.05) is 11.9 Å². The van der Waals surface area contributed by atoms with Crippen molar-refractivity contribution in [3.8, 4) is 0 Å². The van der Waals surface area contributed by atoms with Gasteiger partial charge in [0, 0.05) is 25.2 Å². The number of hydrogen-bond donors (Lipinski definition) is 1. The molecule has 1 unspecified atom stereocenters. The molecule has 0 radical (unpaired) electrons. The maximum absolute atomic E-state index is 12.2. The first kappa shape index (κ1) is 15.4. The zero-order valence-corrected chi connectivity index (χ0v) is 12.4. The van der Waals surface area contributed by atoms with E-state index in [-0.39, 0.29) is 11.4 Å². The van der Waals surface area contributed by atoms with Gasteiger partial charge in [-0.05, 0) is 39.2 Å². The van der Waals surface area contributed by atoms with Crippen LogP contribution >= 0.6 is 0 Å². The number of rotatable bonds is 8. The lowest BCUT2D eigenvalue weighted by molar-refractivity contribution is -0.133. The second-order valence-corrected chi connectivity index (χ2v) is 5.71. The second kappa shape index (κ2) is 6.53. The van der Waals surface area contributed by atoms with Crippen molar-refractivity contribution in [3.63, 3.8) is 0 Å². The van der Waals surface area contributed by atoms with Crippen LogP contribution < -0.4 is 5.73 Å². The van der Waals surface area contributed by atoms with Gasteiger partial charge in [-0.1, -0.05) is 13.8 Å². The van der Waals surface area contributed by atoms with E-state index in [4.69, 9.17) is 5.73 Å². The summed E-state index contributed by atoms with van der Waals surface area (Å²) in [5, 5.41) is 0. The largest absolute Gasteiger partial charge is 0.342 e. The summed E-state index contributed by atoms with van der Waals surface area (Å²) in [6, 6.07) is 0.492. The first-order valence-corrected chi connectivity index (χ1v) is 7.19. The van der Waals surface area contributed by atoms with E-state index in [0.717, 1.165) is 32.2 Å². The highest BCUT2D eigenvalue weighted by atomic mass is 16.2. The number of carbonyl (C=O) groups is 1. The van der Waals surface area contributed by atoms with Crippen LogP contribution in [0.25, 0.3) is 0 Å². The molecule has 0 aliphatic heterocycles. The molecule has 1 aliphatic carbocycles. The maximum atomic E-state index is 12.2. The summed E-state index contributed by atoms with van der Waals surface area (Å²) in [5.74, 6) is 0.235. The van der Waals surface area contributed by atoms with Crippen LogP contribution in [0.2, 0.25) is 0 Å². The van der Waals surface area contributed by atoms with Crippen molar-refractivity contribution in [1.29, 1.82) is 0 Å². The minimum absolute atomic E-state index is 0.0595. The van der Waals surface area contributed by atoms with Gasteiger partial charge in [-0.15, -0.1) is 0 Å². The Morgan fingerprint density at radius 1 is 1.39 bits per heavy atom. The Hall–Kier alpha value is -0.610. The fourth-order valence-electron chi connectivity index (χ4n) is 2.25. The number of amides is 1. The van der Waals surface area contributed by atoms with Crippen LogP contribution in [0.1, 0.15) is 46.5 Å². The standard InChI is InChI=1S/C14H29N3O/c1-5-9-17(14(3,6-2)11-15)10-13(18)16(4)12-7-8-12/h12H,5-11,15H2,1-4H3. The van der Waals surface area contributed by atoms with Crippen molar-refractivity contribution in [2.45, 2.75) is 58.0 Å². The van der Waals surface area contributed by atoms with Crippen LogP contribution in [0, 0.1) is 0 Å². The van der Waals surface area contributed by atoms with Gasteiger partial charge in [-0.25, -0.2) is 0 Å². The van der Waals surface area contributed by atoms with Gasteiger partial charge in [-0.3, -0.25) is 9.69 Å². The maximum Gasteiger partial charge on any atom is 0.236 e. The van der Waals surface area contributed by atoms with Gasteiger partial charge in [0.25, 0.3) is 0 Å². The van der Waals surface area contributed by atoms with E-state index in [0.29, 0.717) is 19.1 Å². The van der Waals surface area contributed by atoms with Gasteiger partial charge in [0.1, 0.15) is 0 Å². The summed E-state index contributed by atoms with van der Waals surface area (Å²) in [6.07, 6.45) is 4.36. The predicted molar refractivity (Wildman–Crippen MR) is 75.4 cm³/mol. The van der Waals surface area contributed by atoms with Crippen LogP contribution in [0.15, 0.2) is 0 Å². The monoisotopic (exact) mass is 255 g/mol. The zero-order chi connectivity index (χ0) is 13.8. The number of likely N-dealkylation sites (N-methyl/N-ethyl adjacent to an activating group) is 1. The highest BCUT2D eigenvalue weighted by Crippen LogP contribution is 2.26. The van der Waals surface area contributed by atoms with Gasteiger partial charge in [0.2, 0.25) is 5.91 Å². The summed E-state index contributed by atoms with van der Waals surface area (Å²) in [4.78, 5) is 16.4. The molecule has 0 bridgehead atoms. The first-order chi connectivity index (χ1) is 8.48. The fourth-order valence-corrected chi connectivity index (χ4v) is 2.25. The Morgan fingerprint density at radius 3 is 2.39 bits per heavy atom. The van der Waals surface area contributed by atoms with E-state index < -0.39 is 0 Å². The lowest BCUT2D eigenvalue weighted by atomic mass is 9.96. The van der Waals surface area contributed by atoms with Gasteiger partial charge >= 0.3 is 0 Å². The number of carbonyl (C=O) groups excluding carboxylic acids is 1. The molecular formula is C14H29N3O. The van der Waals surface area contributed by atoms with Crippen LogP contribution in [0.3, 0.4) is 0 Å². The van der Waals surface area contributed by atoms with Crippen molar-refractivity contribution in [1.82, 2.24) is 9.80 Å². The highest BCUT2D eigenvalue weighted by Gasteiger charge is 2.34. The third-order valence-corrected chi connectivity index (χ3v) is 4.27. The molecule has 106 valence electrons. The third-order valence-electron chi connectivity index (χ3n) is 4.27. The third kappa shape index (κ3) is 3.69. The average Bonchev–Trinajstić information content (AvgIpc) is 3.20. The second-order valence-electron chi connectivity index (χ2n) is 5.71. The van der Waals surface area contributed by atoms with E-state index in [2.05, 4.69) is 25.7 Å². The van der Waals surface area contributed by atoms with Crippen LogP contribution in [0.5, 0.6) is 0 Å². The van der Waals surface area contributed by atoms with Crippen molar-refractivity contribution in [2.75, 3.05) is 26.7 Å². The summed E-state index contributed by atoms with van der Waals surface area (Å²) >= 11 is 0. The van der Waals surface area contributed by atoms with Crippen molar-refractivity contribution >= 4 is 5.91 Å². The predicted octanol–water partition coefficient (Wildman–Crippen LogP) is 1.45. The molecule has 0 aromatic carbocycles. The molecule has 18 heavy (non-hydrogen) atoms. The van der Waals surface area contributed by atoms with Crippen LogP contribution in [-0.2, 0) is 4.79 Å². The van der Waals surface area contributed by atoms with Crippen LogP contribution in [-0.4, -0.2) is 54.0 Å². The molecule has 1 rings (SSSR count). The van der Waals surface area contributed by atoms with Gasteiger partial charge in [0.05, 0.1) is 6.54 Å². The molecule has 0 aromatic rings. The van der Waals surface area contributed by atoms with Crippen molar-refractivity contribution < 1.29 is 4.79 Å². The first-order valence-electron chi connectivity index (χ1n) is 7.19. The van der Waals surface area contributed by atoms with Crippen LogP contribution in [0.4, 0.5) is 0 Å². The zero-order valence-electron chi connectivity index (χ0n) is 12.4. The fraction of sp³-hybridized carbons (Fsp3) is 0.929. The minimum atomic E-state index is -0.0595. The van der Waals surface area contributed by atoms with Gasteiger partial charge in [0.15, 0.2) is 0 Å². The smallest absolute Gasteiger partial charge is 0.236 e. The molecule has 1 atom stereocenters. The lowest BCUT2D eigenvalue weighted by Crippen LogP contribution is -2.54. The summed E-state index contributed by atoms with van der Waals surface area (Å²) in [7, 11) is 1.93. The average molecular weight is 255 g/mol. The van der Waals surface area contributed by atoms with Gasteiger partial charge < -0.3 is 10.6 Å². The number of hydrogen-bond acceptors (Lipinski definition) is 3. The molecule has 1 fully saturated rings. The van der Waals surface area contributed by atoms with Crippen molar-refractivity contribution in [2.24, 2.45) is 5.73 Å². The molecule has 0 saturated heterocycles. The van der Waals surface area contributed by atoms with E-state index in [1.165, 1.54) is 0 Å². The molecule has 0 aromatic heterocycles. The number of nitrogens with zero attached hydrogens (tertiary/aromatic N) is 2. The Balaban J connectivity index is 2.63. The normalized spacial score (nSPS) is 18.8. The lowest BCUT2D eigenvalue weighted by Gasteiger charge is -2.40. The molecule has 4 nitrogen and oxygen atoms in total. The SMILES string of the molecule is CCCN(CC(=O)N(C)C1CC1)C(C)(CC)CN. The molecule has 4 heteroatoms. The molecule has 0 spiro atoms. The number of nitrogens with two attached hydrogens (primary N) is 1. The van der Waals surface area contributed by atoms with E-state index in [9.17, 15) is 4.79 Å². The summed E-state index contributed by atoms with van der Waals surface area (Å²) in [6.45, 7) is 8.49.